The average molecular weight is 597 g/mol. The summed E-state index contributed by atoms with van der Waals surface area (Å²) >= 11 is 0. The molecule has 9 aromatic rings. The highest BCUT2D eigenvalue weighted by molar-refractivity contribution is 6.39. The minimum Gasteiger partial charge on any atom is -0.0622 e. The van der Waals surface area contributed by atoms with Crippen LogP contribution in [-0.4, -0.2) is 0 Å². The second-order valence-electron chi connectivity index (χ2n) is 13.7. The van der Waals surface area contributed by atoms with Crippen molar-refractivity contribution in [1.82, 2.24) is 0 Å². The van der Waals surface area contributed by atoms with Gasteiger partial charge in [-0.15, -0.1) is 0 Å². The molecule has 9 aromatic carbocycles. The Kier molecular flexibility index (Phi) is 5.44. The van der Waals surface area contributed by atoms with E-state index in [1.54, 1.807) is 0 Å². The third-order valence-corrected chi connectivity index (χ3v) is 10.8. The lowest BCUT2D eigenvalue weighted by atomic mass is 9.81. The van der Waals surface area contributed by atoms with Gasteiger partial charge in [-0.1, -0.05) is 153 Å². The number of benzene rings is 9. The Morgan fingerprint density at radius 2 is 0.745 bits per heavy atom. The van der Waals surface area contributed by atoms with Gasteiger partial charge in [-0.25, -0.2) is 0 Å². The molecular formula is C47H32. The van der Waals surface area contributed by atoms with Crippen molar-refractivity contribution in [2.75, 3.05) is 0 Å². The zero-order valence-corrected chi connectivity index (χ0v) is 26.5. The highest BCUT2D eigenvalue weighted by Crippen LogP contribution is 2.50. The van der Waals surface area contributed by atoms with Crippen molar-refractivity contribution >= 4 is 53.9 Å². The van der Waals surface area contributed by atoms with Crippen LogP contribution in [-0.2, 0) is 5.41 Å². The Bertz CT molecular complexity index is 2740. The maximum Gasteiger partial charge on any atom is 0.0159 e. The summed E-state index contributed by atoms with van der Waals surface area (Å²) in [6, 6.07) is 58.9. The van der Waals surface area contributed by atoms with E-state index in [9.17, 15) is 0 Å². The summed E-state index contributed by atoms with van der Waals surface area (Å²) in [5.41, 5.74) is 10.5. The maximum atomic E-state index is 2.46. The van der Waals surface area contributed by atoms with Crippen molar-refractivity contribution in [3.8, 4) is 33.4 Å². The highest BCUT2D eigenvalue weighted by Gasteiger charge is 2.35. The predicted octanol–water partition coefficient (Wildman–Crippen LogP) is 13.1. The minimum absolute atomic E-state index is 0.0345. The largest absolute Gasteiger partial charge is 0.0622 e. The van der Waals surface area contributed by atoms with Crippen LogP contribution in [0.2, 0.25) is 0 Å². The molecule has 0 amide bonds. The topological polar surface area (TPSA) is 0 Å². The van der Waals surface area contributed by atoms with Crippen LogP contribution in [0.15, 0.2) is 158 Å². The van der Waals surface area contributed by atoms with E-state index in [1.165, 1.54) is 98.4 Å². The summed E-state index contributed by atoms with van der Waals surface area (Å²) in [6.45, 7) is 4.73. The van der Waals surface area contributed by atoms with Gasteiger partial charge in [0.15, 0.2) is 0 Å². The average Bonchev–Trinajstić information content (AvgIpc) is 3.37. The molecular weight excluding hydrogens is 565 g/mol. The van der Waals surface area contributed by atoms with Gasteiger partial charge in [0.2, 0.25) is 0 Å². The molecule has 1 aliphatic carbocycles. The molecule has 0 radical (unpaired) electrons. The number of hydrogen-bond donors (Lipinski definition) is 0. The van der Waals surface area contributed by atoms with Crippen LogP contribution < -0.4 is 0 Å². The van der Waals surface area contributed by atoms with Gasteiger partial charge >= 0.3 is 0 Å². The monoisotopic (exact) mass is 596 g/mol. The summed E-state index contributed by atoms with van der Waals surface area (Å²) in [6.07, 6.45) is 0. The molecule has 1 aliphatic rings. The van der Waals surface area contributed by atoms with E-state index in [2.05, 4.69) is 172 Å². The summed E-state index contributed by atoms with van der Waals surface area (Å²) < 4.78 is 0. The van der Waals surface area contributed by atoms with Gasteiger partial charge in [-0.3, -0.25) is 0 Å². The van der Waals surface area contributed by atoms with Gasteiger partial charge in [0.05, 0.1) is 0 Å². The van der Waals surface area contributed by atoms with Crippen LogP contribution in [0.25, 0.3) is 87.2 Å². The smallest absolute Gasteiger partial charge is 0.0159 e. The van der Waals surface area contributed by atoms with Crippen molar-refractivity contribution in [1.29, 1.82) is 0 Å². The second kappa shape index (κ2) is 9.64. The Morgan fingerprint density at radius 1 is 0.298 bits per heavy atom. The lowest BCUT2D eigenvalue weighted by molar-refractivity contribution is 0.660. The van der Waals surface area contributed by atoms with Crippen LogP contribution in [0.4, 0.5) is 0 Å². The van der Waals surface area contributed by atoms with E-state index in [1.807, 2.05) is 0 Å². The molecule has 0 fully saturated rings. The van der Waals surface area contributed by atoms with Crippen molar-refractivity contribution in [2.24, 2.45) is 0 Å². The van der Waals surface area contributed by atoms with Gasteiger partial charge in [0.1, 0.15) is 0 Å². The SMILES string of the molecule is CC1(C)c2ccccc2-c2ccc(-c3ccc4c5ccc(-c6ccccc6)cc5c5c6ccccc6c6ccccc6c5c4c3)cc21. The van der Waals surface area contributed by atoms with Gasteiger partial charge in [-0.2, -0.15) is 0 Å². The first-order chi connectivity index (χ1) is 23.1. The van der Waals surface area contributed by atoms with Gasteiger partial charge in [-0.05, 0) is 117 Å². The van der Waals surface area contributed by atoms with Gasteiger partial charge < -0.3 is 0 Å². The first kappa shape index (κ1) is 26.5. The summed E-state index contributed by atoms with van der Waals surface area (Å²) in [5, 5.41) is 13.1. The Morgan fingerprint density at radius 3 is 1.38 bits per heavy atom. The Balaban J connectivity index is 1.32. The number of fused-ring (bicyclic) bond motifs is 14. The number of hydrogen-bond acceptors (Lipinski definition) is 0. The fourth-order valence-corrected chi connectivity index (χ4v) is 8.55. The molecule has 0 heterocycles. The molecule has 0 N–H and O–H groups in total. The molecule has 0 bridgehead atoms. The standard InChI is InChI=1S/C47H32/c1-47(2)43-19-11-10-16-37(43)38-25-22-32(28-44(38)47)31-21-24-36-35-23-20-30(29-12-4-3-5-13-29)26-41(35)45-39-17-8-6-14-33(39)34-15-7-9-18-40(34)46(45)42(36)27-31/h3-28H,1-2H3. The maximum absolute atomic E-state index is 2.46. The number of rotatable bonds is 2. The van der Waals surface area contributed by atoms with Crippen LogP contribution in [0.1, 0.15) is 25.0 Å². The fourth-order valence-electron chi connectivity index (χ4n) is 8.55. The lowest BCUT2D eigenvalue weighted by Gasteiger charge is -2.22. The molecule has 0 spiro atoms. The Labute approximate surface area is 274 Å². The summed E-state index contributed by atoms with van der Waals surface area (Å²) in [4.78, 5) is 0. The van der Waals surface area contributed by atoms with Crippen molar-refractivity contribution < 1.29 is 0 Å². The minimum atomic E-state index is -0.0345. The summed E-state index contributed by atoms with van der Waals surface area (Å²) in [7, 11) is 0. The molecule has 0 heteroatoms. The highest BCUT2D eigenvalue weighted by atomic mass is 14.4. The fraction of sp³-hybridized carbons (Fsp3) is 0.0638. The molecule has 0 saturated carbocycles. The molecule has 0 saturated heterocycles. The zero-order chi connectivity index (χ0) is 31.3. The molecule has 10 rings (SSSR count). The molecule has 0 aliphatic heterocycles. The molecule has 47 heavy (non-hydrogen) atoms. The first-order valence-corrected chi connectivity index (χ1v) is 16.6. The summed E-state index contributed by atoms with van der Waals surface area (Å²) in [5.74, 6) is 0. The van der Waals surface area contributed by atoms with Gasteiger partial charge in [0.25, 0.3) is 0 Å². The van der Waals surface area contributed by atoms with E-state index in [0.29, 0.717) is 0 Å². The molecule has 220 valence electrons. The van der Waals surface area contributed by atoms with Crippen LogP contribution in [0.3, 0.4) is 0 Å². The quantitative estimate of drug-likeness (QED) is 0.174. The molecule has 0 aromatic heterocycles. The normalized spacial score (nSPS) is 13.5. The first-order valence-electron chi connectivity index (χ1n) is 16.6. The zero-order valence-electron chi connectivity index (χ0n) is 26.5. The van der Waals surface area contributed by atoms with Crippen LogP contribution >= 0.6 is 0 Å². The van der Waals surface area contributed by atoms with E-state index in [4.69, 9.17) is 0 Å². The van der Waals surface area contributed by atoms with Crippen molar-refractivity contribution in [2.45, 2.75) is 19.3 Å². The van der Waals surface area contributed by atoms with E-state index < -0.39 is 0 Å². The Hall–Kier alpha value is -5.72. The predicted molar refractivity (Wildman–Crippen MR) is 202 cm³/mol. The molecule has 0 atom stereocenters. The van der Waals surface area contributed by atoms with E-state index >= 15 is 0 Å². The van der Waals surface area contributed by atoms with Crippen LogP contribution in [0, 0.1) is 0 Å². The van der Waals surface area contributed by atoms with E-state index in [-0.39, 0.29) is 5.41 Å². The lowest BCUT2D eigenvalue weighted by Crippen LogP contribution is -2.14. The second-order valence-corrected chi connectivity index (χ2v) is 13.7. The van der Waals surface area contributed by atoms with Crippen LogP contribution in [0.5, 0.6) is 0 Å². The van der Waals surface area contributed by atoms with E-state index in [0.717, 1.165) is 0 Å². The van der Waals surface area contributed by atoms with Crippen molar-refractivity contribution in [3.05, 3.63) is 169 Å². The molecule has 0 nitrogen and oxygen atoms in total. The third-order valence-electron chi connectivity index (χ3n) is 10.8. The molecule has 0 unspecified atom stereocenters. The van der Waals surface area contributed by atoms with Crippen molar-refractivity contribution in [3.63, 3.8) is 0 Å². The van der Waals surface area contributed by atoms with Gasteiger partial charge in [0, 0.05) is 5.41 Å². The third kappa shape index (κ3) is 3.70.